The standard InChI is InChI=1S/C21H23NOS/c1-4-5-6-16-11-17(8-7-14(16)2)21-13-18-12-19(22-15(3)23)9-10-20(18)24-21/h7-13H,4-6H2,1-3H3,(H,22,23). The van der Waals surface area contributed by atoms with Gasteiger partial charge in [-0.2, -0.15) is 0 Å². The van der Waals surface area contributed by atoms with Gasteiger partial charge < -0.3 is 5.32 Å². The van der Waals surface area contributed by atoms with Gasteiger partial charge in [-0.1, -0.05) is 31.5 Å². The number of thiophene rings is 1. The van der Waals surface area contributed by atoms with Gasteiger partial charge in [0.25, 0.3) is 0 Å². The van der Waals surface area contributed by atoms with Gasteiger partial charge in [0.2, 0.25) is 5.91 Å². The molecule has 0 bridgehead atoms. The van der Waals surface area contributed by atoms with Gasteiger partial charge in [0.1, 0.15) is 0 Å². The molecule has 24 heavy (non-hydrogen) atoms. The number of amides is 1. The molecule has 3 rings (SSSR count). The van der Waals surface area contributed by atoms with E-state index in [0.717, 1.165) is 12.1 Å². The molecule has 3 aromatic rings. The van der Waals surface area contributed by atoms with Gasteiger partial charge in [-0.15, -0.1) is 11.3 Å². The fraction of sp³-hybridized carbons (Fsp3) is 0.286. The normalized spacial score (nSPS) is 11.0. The lowest BCUT2D eigenvalue weighted by Crippen LogP contribution is -2.05. The average Bonchev–Trinajstić information content (AvgIpc) is 2.96. The Kier molecular flexibility index (Phi) is 5.00. The van der Waals surface area contributed by atoms with Crippen molar-refractivity contribution in [3.63, 3.8) is 0 Å². The van der Waals surface area contributed by atoms with Crippen LogP contribution in [0.1, 0.15) is 37.8 Å². The molecule has 0 radical (unpaired) electrons. The summed E-state index contributed by atoms with van der Waals surface area (Å²) in [6.07, 6.45) is 3.60. The Bertz CT molecular complexity index is 879. The number of benzene rings is 2. The van der Waals surface area contributed by atoms with E-state index in [1.54, 1.807) is 11.3 Å². The number of aryl methyl sites for hydroxylation is 2. The molecule has 0 saturated heterocycles. The number of hydrogen-bond acceptors (Lipinski definition) is 2. The third kappa shape index (κ3) is 3.68. The Hall–Kier alpha value is -2.13. The smallest absolute Gasteiger partial charge is 0.221 e. The van der Waals surface area contributed by atoms with Crippen LogP contribution in [0.2, 0.25) is 0 Å². The van der Waals surface area contributed by atoms with Crippen LogP contribution in [0.3, 0.4) is 0 Å². The number of unbranched alkanes of at least 4 members (excludes halogenated alkanes) is 1. The highest BCUT2D eigenvalue weighted by molar-refractivity contribution is 7.22. The van der Waals surface area contributed by atoms with E-state index in [0.29, 0.717) is 0 Å². The molecule has 0 aliphatic carbocycles. The van der Waals surface area contributed by atoms with Crippen LogP contribution in [0.5, 0.6) is 0 Å². The average molecular weight is 337 g/mol. The summed E-state index contributed by atoms with van der Waals surface area (Å²) < 4.78 is 1.25. The SMILES string of the molecule is CCCCc1cc(-c2cc3cc(NC(C)=O)ccc3s2)ccc1C. The highest BCUT2D eigenvalue weighted by atomic mass is 32.1. The second-order valence-corrected chi connectivity index (χ2v) is 7.37. The van der Waals surface area contributed by atoms with Crippen molar-refractivity contribution in [2.24, 2.45) is 0 Å². The number of nitrogens with one attached hydrogen (secondary N) is 1. The summed E-state index contributed by atoms with van der Waals surface area (Å²) in [5.41, 5.74) is 4.97. The minimum absolute atomic E-state index is 0.0381. The lowest BCUT2D eigenvalue weighted by atomic mass is 9.99. The summed E-state index contributed by atoms with van der Waals surface area (Å²) >= 11 is 1.80. The number of carbonyl (C=O) groups is 1. The van der Waals surface area contributed by atoms with Gasteiger partial charge in [-0.05, 0) is 66.1 Å². The molecule has 3 heteroatoms. The molecule has 1 heterocycles. The predicted molar refractivity (Wildman–Crippen MR) is 105 cm³/mol. The van der Waals surface area contributed by atoms with Crippen LogP contribution < -0.4 is 5.32 Å². The molecule has 1 aromatic heterocycles. The van der Waals surface area contributed by atoms with Crippen LogP contribution in [-0.2, 0) is 11.2 Å². The minimum Gasteiger partial charge on any atom is -0.326 e. The second kappa shape index (κ2) is 7.18. The third-order valence-electron chi connectivity index (χ3n) is 4.27. The number of rotatable bonds is 5. The van der Waals surface area contributed by atoms with Crippen molar-refractivity contribution in [1.29, 1.82) is 0 Å². The monoisotopic (exact) mass is 337 g/mol. The molecule has 0 unspecified atom stereocenters. The predicted octanol–water partition coefficient (Wildman–Crippen LogP) is 6.18. The molecule has 0 aliphatic rings. The van der Waals surface area contributed by atoms with Crippen LogP contribution in [0.4, 0.5) is 5.69 Å². The van der Waals surface area contributed by atoms with Crippen LogP contribution in [0.25, 0.3) is 20.5 Å². The van der Waals surface area contributed by atoms with E-state index in [-0.39, 0.29) is 5.91 Å². The molecular formula is C21H23NOS. The topological polar surface area (TPSA) is 29.1 Å². The van der Waals surface area contributed by atoms with Crippen LogP contribution in [-0.4, -0.2) is 5.91 Å². The van der Waals surface area contributed by atoms with E-state index < -0.39 is 0 Å². The van der Waals surface area contributed by atoms with Crippen LogP contribution >= 0.6 is 11.3 Å². The van der Waals surface area contributed by atoms with Crippen molar-refractivity contribution in [1.82, 2.24) is 0 Å². The Morgan fingerprint density at radius 1 is 1.12 bits per heavy atom. The van der Waals surface area contributed by atoms with E-state index in [9.17, 15) is 4.79 Å². The third-order valence-corrected chi connectivity index (χ3v) is 5.44. The fourth-order valence-electron chi connectivity index (χ4n) is 2.93. The quantitative estimate of drug-likeness (QED) is 0.592. The largest absolute Gasteiger partial charge is 0.326 e. The zero-order chi connectivity index (χ0) is 17.1. The van der Waals surface area contributed by atoms with E-state index in [1.807, 2.05) is 12.1 Å². The molecule has 2 nitrogen and oxygen atoms in total. The lowest BCUT2D eigenvalue weighted by Gasteiger charge is -2.07. The van der Waals surface area contributed by atoms with Crippen molar-refractivity contribution in [3.8, 4) is 10.4 Å². The first-order chi connectivity index (χ1) is 11.6. The van der Waals surface area contributed by atoms with Crippen LogP contribution in [0, 0.1) is 6.92 Å². The van der Waals surface area contributed by atoms with Crippen molar-refractivity contribution < 1.29 is 4.79 Å². The number of fused-ring (bicyclic) bond motifs is 1. The Morgan fingerprint density at radius 3 is 2.71 bits per heavy atom. The lowest BCUT2D eigenvalue weighted by molar-refractivity contribution is -0.114. The van der Waals surface area contributed by atoms with Gasteiger partial charge >= 0.3 is 0 Å². The Morgan fingerprint density at radius 2 is 1.96 bits per heavy atom. The molecule has 0 saturated carbocycles. The van der Waals surface area contributed by atoms with Crippen molar-refractivity contribution in [3.05, 3.63) is 53.6 Å². The maximum absolute atomic E-state index is 11.2. The highest BCUT2D eigenvalue weighted by Crippen LogP contribution is 2.35. The molecule has 0 spiro atoms. The summed E-state index contributed by atoms with van der Waals surface area (Å²) in [5, 5.41) is 4.03. The molecule has 0 fully saturated rings. The molecule has 2 aromatic carbocycles. The van der Waals surface area contributed by atoms with Crippen molar-refractivity contribution in [2.45, 2.75) is 40.0 Å². The maximum atomic E-state index is 11.2. The van der Waals surface area contributed by atoms with Gasteiger partial charge in [0.15, 0.2) is 0 Å². The molecule has 1 amide bonds. The van der Waals surface area contributed by atoms with Gasteiger partial charge in [-0.25, -0.2) is 0 Å². The number of carbonyl (C=O) groups excluding carboxylic acids is 1. The summed E-state index contributed by atoms with van der Waals surface area (Å²) in [6, 6.07) is 15.1. The van der Waals surface area contributed by atoms with Crippen LogP contribution in [0.15, 0.2) is 42.5 Å². The van der Waals surface area contributed by atoms with Gasteiger partial charge in [-0.3, -0.25) is 4.79 Å². The molecular weight excluding hydrogens is 314 g/mol. The zero-order valence-corrected chi connectivity index (χ0v) is 15.3. The molecule has 0 atom stereocenters. The van der Waals surface area contributed by atoms with E-state index in [4.69, 9.17) is 0 Å². The number of anilines is 1. The van der Waals surface area contributed by atoms with E-state index in [2.05, 4.69) is 49.5 Å². The van der Waals surface area contributed by atoms with Gasteiger partial charge in [0, 0.05) is 22.2 Å². The first kappa shape index (κ1) is 16.7. The zero-order valence-electron chi connectivity index (χ0n) is 14.5. The first-order valence-corrected chi connectivity index (χ1v) is 9.29. The van der Waals surface area contributed by atoms with Gasteiger partial charge in [0.05, 0.1) is 0 Å². The summed E-state index contributed by atoms with van der Waals surface area (Å²) in [6.45, 7) is 5.96. The summed E-state index contributed by atoms with van der Waals surface area (Å²) in [7, 11) is 0. The minimum atomic E-state index is -0.0381. The molecule has 1 N–H and O–H groups in total. The molecule has 0 aliphatic heterocycles. The fourth-order valence-corrected chi connectivity index (χ4v) is 3.97. The Balaban J connectivity index is 1.95. The summed E-state index contributed by atoms with van der Waals surface area (Å²) in [4.78, 5) is 12.5. The van der Waals surface area contributed by atoms with E-state index >= 15 is 0 Å². The second-order valence-electron chi connectivity index (χ2n) is 6.29. The van der Waals surface area contributed by atoms with Crippen molar-refractivity contribution >= 4 is 33.0 Å². The molecule has 124 valence electrons. The maximum Gasteiger partial charge on any atom is 0.221 e. The number of hydrogen-bond donors (Lipinski definition) is 1. The summed E-state index contributed by atoms with van der Waals surface area (Å²) in [5.74, 6) is -0.0381. The first-order valence-electron chi connectivity index (χ1n) is 8.48. The van der Waals surface area contributed by atoms with E-state index in [1.165, 1.54) is 51.4 Å². The Labute approximate surface area is 147 Å². The van der Waals surface area contributed by atoms with Crippen molar-refractivity contribution in [2.75, 3.05) is 5.32 Å². The highest BCUT2D eigenvalue weighted by Gasteiger charge is 2.08.